The molecule has 0 saturated carbocycles. The zero-order valence-corrected chi connectivity index (χ0v) is 15.3. The fourth-order valence-electron chi connectivity index (χ4n) is 3.05. The van der Waals surface area contributed by atoms with Gasteiger partial charge in [-0.2, -0.15) is 0 Å². The van der Waals surface area contributed by atoms with Gasteiger partial charge in [0, 0.05) is 17.2 Å². The molecule has 6 nitrogen and oxygen atoms in total. The predicted octanol–water partition coefficient (Wildman–Crippen LogP) is 2.42. The van der Waals surface area contributed by atoms with E-state index < -0.39 is 23.6 Å². The van der Waals surface area contributed by atoms with Crippen molar-refractivity contribution in [1.29, 1.82) is 0 Å². The molecule has 0 saturated heterocycles. The van der Waals surface area contributed by atoms with Crippen molar-refractivity contribution in [3.63, 3.8) is 0 Å². The third-order valence-corrected chi connectivity index (χ3v) is 4.31. The van der Waals surface area contributed by atoms with Crippen molar-refractivity contribution in [2.75, 3.05) is 18.5 Å². The van der Waals surface area contributed by atoms with Crippen molar-refractivity contribution in [1.82, 2.24) is 0 Å². The Labute approximate surface area is 164 Å². The molecule has 0 fully saturated rings. The predicted molar refractivity (Wildman–Crippen MR) is 98.3 cm³/mol. The van der Waals surface area contributed by atoms with Gasteiger partial charge in [0.15, 0.2) is 0 Å². The standard InChI is InChI=1S/C20H17F3N2O4/c1-12-4-6-15(13(9-12)3-2-8-26)19(18(24)27)11-25-16-10-14(28-20(21,22)23)5-7-17(16)29-19/h4-7,9-10,25-26H,8,11H2,1H3,(H2,24,27). The first-order valence-corrected chi connectivity index (χ1v) is 8.48. The SMILES string of the molecule is Cc1ccc(C2(C(N)=O)CNc3cc(OC(F)(F)F)ccc3O2)c(C#CCO)c1. The Bertz CT molecular complexity index is 1010. The molecule has 1 aliphatic rings. The number of carbonyl (C=O) groups excluding carboxylic acids is 1. The highest BCUT2D eigenvalue weighted by molar-refractivity contribution is 5.88. The summed E-state index contributed by atoms with van der Waals surface area (Å²) in [5, 5.41) is 11.9. The first-order valence-electron chi connectivity index (χ1n) is 8.48. The minimum Gasteiger partial charge on any atom is -0.469 e. The molecule has 1 heterocycles. The lowest BCUT2D eigenvalue weighted by atomic mass is 9.86. The van der Waals surface area contributed by atoms with Crippen LogP contribution in [0.1, 0.15) is 16.7 Å². The molecule has 1 atom stereocenters. The number of nitrogens with two attached hydrogens (primary N) is 1. The number of benzene rings is 2. The number of halogens is 3. The van der Waals surface area contributed by atoms with E-state index in [-0.39, 0.29) is 24.6 Å². The fraction of sp³-hybridized carbons (Fsp3) is 0.250. The Kier molecular flexibility index (Phi) is 5.31. The van der Waals surface area contributed by atoms with Crippen LogP contribution < -0.4 is 20.5 Å². The molecule has 9 heteroatoms. The van der Waals surface area contributed by atoms with Gasteiger partial charge < -0.3 is 25.6 Å². The van der Waals surface area contributed by atoms with Gasteiger partial charge >= 0.3 is 6.36 Å². The highest BCUT2D eigenvalue weighted by atomic mass is 19.4. The molecule has 0 bridgehead atoms. The Morgan fingerprint density at radius 3 is 2.76 bits per heavy atom. The number of carbonyl (C=O) groups is 1. The summed E-state index contributed by atoms with van der Waals surface area (Å²) in [5.74, 6) is 4.21. The van der Waals surface area contributed by atoms with Gasteiger partial charge in [-0.15, -0.1) is 13.2 Å². The minimum absolute atomic E-state index is 0.131. The lowest BCUT2D eigenvalue weighted by Gasteiger charge is -2.37. The van der Waals surface area contributed by atoms with Crippen LogP contribution in [0, 0.1) is 18.8 Å². The third-order valence-electron chi connectivity index (χ3n) is 4.31. The number of primary amides is 1. The first kappa shape index (κ1) is 20.4. The molecule has 1 aliphatic heterocycles. The van der Waals surface area contributed by atoms with Gasteiger partial charge in [0.25, 0.3) is 5.91 Å². The molecule has 4 N–H and O–H groups in total. The van der Waals surface area contributed by atoms with Crippen LogP contribution in [-0.4, -0.2) is 30.5 Å². The topological polar surface area (TPSA) is 93.8 Å². The second-order valence-electron chi connectivity index (χ2n) is 6.36. The quantitative estimate of drug-likeness (QED) is 0.681. The summed E-state index contributed by atoms with van der Waals surface area (Å²) in [7, 11) is 0. The van der Waals surface area contributed by atoms with Gasteiger partial charge in [0.2, 0.25) is 5.60 Å². The number of aliphatic hydroxyl groups excluding tert-OH is 1. The number of ether oxygens (including phenoxy) is 2. The average molecular weight is 406 g/mol. The number of hydrogen-bond donors (Lipinski definition) is 3. The lowest BCUT2D eigenvalue weighted by molar-refractivity contribution is -0.274. The number of fused-ring (bicyclic) bond motifs is 1. The van der Waals surface area contributed by atoms with Crippen LogP contribution >= 0.6 is 0 Å². The zero-order valence-electron chi connectivity index (χ0n) is 15.3. The fourth-order valence-corrected chi connectivity index (χ4v) is 3.05. The molecule has 3 rings (SSSR count). The van der Waals surface area contributed by atoms with E-state index >= 15 is 0 Å². The third kappa shape index (κ3) is 4.22. The molecular weight excluding hydrogens is 389 g/mol. The van der Waals surface area contributed by atoms with Gasteiger partial charge in [-0.1, -0.05) is 24.0 Å². The molecular formula is C20H17F3N2O4. The van der Waals surface area contributed by atoms with Gasteiger partial charge in [0.05, 0.1) is 12.2 Å². The van der Waals surface area contributed by atoms with Crippen molar-refractivity contribution < 1.29 is 32.5 Å². The number of amides is 1. The molecule has 152 valence electrons. The Morgan fingerprint density at radius 2 is 2.10 bits per heavy atom. The maximum absolute atomic E-state index is 12.4. The van der Waals surface area contributed by atoms with Crippen LogP contribution in [-0.2, 0) is 10.4 Å². The Morgan fingerprint density at radius 1 is 1.34 bits per heavy atom. The number of aliphatic hydroxyl groups is 1. The van der Waals surface area contributed by atoms with Crippen LogP contribution in [0.5, 0.6) is 11.5 Å². The highest BCUT2D eigenvalue weighted by Crippen LogP contribution is 2.41. The lowest BCUT2D eigenvalue weighted by Crippen LogP contribution is -2.53. The van der Waals surface area contributed by atoms with E-state index in [2.05, 4.69) is 21.9 Å². The van der Waals surface area contributed by atoms with E-state index in [4.69, 9.17) is 15.6 Å². The number of hydrogen-bond acceptors (Lipinski definition) is 5. The summed E-state index contributed by atoms with van der Waals surface area (Å²) in [6, 6.07) is 8.58. The van der Waals surface area contributed by atoms with Crippen LogP contribution in [0.4, 0.5) is 18.9 Å². The highest BCUT2D eigenvalue weighted by Gasteiger charge is 2.46. The molecule has 2 aromatic rings. The van der Waals surface area contributed by atoms with Crippen molar-refractivity contribution in [2.24, 2.45) is 5.73 Å². The monoisotopic (exact) mass is 406 g/mol. The summed E-state index contributed by atoms with van der Waals surface area (Å²) in [6.07, 6.45) is -4.83. The molecule has 1 amide bonds. The van der Waals surface area contributed by atoms with E-state index in [1.807, 2.05) is 6.92 Å². The zero-order chi connectivity index (χ0) is 21.2. The summed E-state index contributed by atoms with van der Waals surface area (Å²) >= 11 is 0. The number of nitrogens with one attached hydrogen (secondary N) is 1. The smallest absolute Gasteiger partial charge is 0.469 e. The summed E-state index contributed by atoms with van der Waals surface area (Å²) < 4.78 is 47.1. The molecule has 0 aliphatic carbocycles. The minimum atomic E-state index is -4.83. The van der Waals surface area contributed by atoms with E-state index in [0.717, 1.165) is 17.7 Å². The summed E-state index contributed by atoms with van der Waals surface area (Å²) in [4.78, 5) is 12.4. The Balaban J connectivity index is 2.04. The van der Waals surface area contributed by atoms with Crippen molar-refractivity contribution >= 4 is 11.6 Å². The van der Waals surface area contributed by atoms with Gasteiger partial charge in [-0.25, -0.2) is 0 Å². The van der Waals surface area contributed by atoms with E-state index in [0.29, 0.717) is 11.1 Å². The molecule has 0 aromatic heterocycles. The van der Waals surface area contributed by atoms with Crippen LogP contribution in [0.25, 0.3) is 0 Å². The number of rotatable bonds is 3. The number of anilines is 1. The summed E-state index contributed by atoms with van der Waals surface area (Å²) in [5.41, 5.74) is 5.93. The van der Waals surface area contributed by atoms with Crippen LogP contribution in [0.15, 0.2) is 36.4 Å². The van der Waals surface area contributed by atoms with E-state index in [1.165, 1.54) is 6.07 Å². The Hall–Kier alpha value is -3.38. The number of aryl methyl sites for hydroxylation is 1. The molecule has 0 radical (unpaired) electrons. The van der Waals surface area contributed by atoms with Crippen molar-refractivity contribution in [2.45, 2.75) is 18.9 Å². The second-order valence-corrected chi connectivity index (χ2v) is 6.36. The van der Waals surface area contributed by atoms with Crippen LogP contribution in [0.3, 0.4) is 0 Å². The van der Waals surface area contributed by atoms with Crippen molar-refractivity contribution in [3.05, 3.63) is 53.1 Å². The largest absolute Gasteiger partial charge is 0.573 e. The van der Waals surface area contributed by atoms with E-state index in [1.54, 1.807) is 18.2 Å². The number of alkyl halides is 3. The second kappa shape index (κ2) is 7.56. The van der Waals surface area contributed by atoms with E-state index in [9.17, 15) is 18.0 Å². The maximum atomic E-state index is 12.4. The molecule has 2 aromatic carbocycles. The van der Waals surface area contributed by atoms with Gasteiger partial charge in [0.1, 0.15) is 18.1 Å². The van der Waals surface area contributed by atoms with Gasteiger partial charge in [-0.05, 0) is 30.7 Å². The average Bonchev–Trinajstić information content (AvgIpc) is 2.64. The first-order chi connectivity index (χ1) is 13.6. The normalized spacial score (nSPS) is 17.8. The van der Waals surface area contributed by atoms with Crippen molar-refractivity contribution in [3.8, 4) is 23.3 Å². The van der Waals surface area contributed by atoms with Crippen LogP contribution in [0.2, 0.25) is 0 Å². The molecule has 0 spiro atoms. The van der Waals surface area contributed by atoms with Gasteiger partial charge in [-0.3, -0.25) is 4.79 Å². The maximum Gasteiger partial charge on any atom is 0.573 e. The molecule has 1 unspecified atom stereocenters. The summed E-state index contributed by atoms with van der Waals surface area (Å²) in [6.45, 7) is 1.32. The molecule has 29 heavy (non-hydrogen) atoms.